The van der Waals surface area contributed by atoms with E-state index in [0.29, 0.717) is 12.2 Å². The fourth-order valence-corrected chi connectivity index (χ4v) is 2.29. The summed E-state index contributed by atoms with van der Waals surface area (Å²) in [5.41, 5.74) is 5.43. The standard InChI is InChI=1S/C15H28N4O2/c1-5-6-7-8-11(4)17-12-13(16)19(9-10(2)3)15(21)18-14(12)20/h10-11,17H,5-9,16H2,1-4H3,(H,18,20,21). The van der Waals surface area contributed by atoms with Crippen LogP contribution in [0.4, 0.5) is 11.5 Å². The Labute approximate surface area is 125 Å². The van der Waals surface area contributed by atoms with Crippen molar-refractivity contribution in [3.05, 3.63) is 20.8 Å². The molecule has 120 valence electrons. The molecule has 0 aliphatic carbocycles. The largest absolute Gasteiger partial charge is 0.383 e. The summed E-state index contributed by atoms with van der Waals surface area (Å²) in [7, 11) is 0. The van der Waals surface area contributed by atoms with Crippen molar-refractivity contribution in [3.63, 3.8) is 0 Å². The van der Waals surface area contributed by atoms with E-state index in [9.17, 15) is 9.59 Å². The third-order valence-corrected chi connectivity index (χ3v) is 3.42. The van der Waals surface area contributed by atoms with Gasteiger partial charge in [-0.3, -0.25) is 14.3 Å². The predicted molar refractivity (Wildman–Crippen MR) is 87.8 cm³/mol. The smallest absolute Gasteiger partial charge is 0.330 e. The highest BCUT2D eigenvalue weighted by atomic mass is 16.2. The van der Waals surface area contributed by atoms with Crippen molar-refractivity contribution in [2.45, 2.75) is 66.0 Å². The molecule has 4 N–H and O–H groups in total. The quantitative estimate of drug-likeness (QED) is 0.641. The van der Waals surface area contributed by atoms with Crippen molar-refractivity contribution in [2.75, 3.05) is 11.1 Å². The molecule has 0 amide bonds. The predicted octanol–water partition coefficient (Wildman–Crippen LogP) is 2.16. The van der Waals surface area contributed by atoms with Crippen molar-refractivity contribution < 1.29 is 0 Å². The van der Waals surface area contributed by atoms with Crippen LogP contribution in [0.5, 0.6) is 0 Å². The Morgan fingerprint density at radius 1 is 1.24 bits per heavy atom. The minimum absolute atomic E-state index is 0.143. The second-order valence-electron chi connectivity index (χ2n) is 6.07. The van der Waals surface area contributed by atoms with Gasteiger partial charge in [-0.25, -0.2) is 4.79 Å². The Morgan fingerprint density at radius 2 is 1.90 bits per heavy atom. The average Bonchev–Trinajstić information content (AvgIpc) is 2.39. The fourth-order valence-electron chi connectivity index (χ4n) is 2.29. The zero-order valence-corrected chi connectivity index (χ0v) is 13.5. The van der Waals surface area contributed by atoms with E-state index < -0.39 is 11.2 Å². The van der Waals surface area contributed by atoms with Crippen LogP contribution in [0.3, 0.4) is 0 Å². The molecule has 1 atom stereocenters. The van der Waals surface area contributed by atoms with E-state index in [1.165, 1.54) is 11.0 Å². The third-order valence-electron chi connectivity index (χ3n) is 3.42. The molecule has 1 aromatic heterocycles. The first kappa shape index (κ1) is 17.3. The summed E-state index contributed by atoms with van der Waals surface area (Å²) in [6, 6.07) is 0.143. The number of rotatable bonds is 8. The summed E-state index contributed by atoms with van der Waals surface area (Å²) in [5.74, 6) is 0.491. The Kier molecular flexibility index (Phi) is 6.52. The van der Waals surface area contributed by atoms with Gasteiger partial charge in [-0.15, -0.1) is 0 Å². The molecule has 0 fully saturated rings. The molecule has 21 heavy (non-hydrogen) atoms. The average molecular weight is 296 g/mol. The SMILES string of the molecule is CCCCCC(C)Nc1c(N)n(CC(C)C)c(=O)[nH]c1=O. The van der Waals surface area contributed by atoms with E-state index >= 15 is 0 Å². The summed E-state index contributed by atoms with van der Waals surface area (Å²) >= 11 is 0. The number of hydrogen-bond donors (Lipinski definition) is 3. The Bertz CT molecular complexity index is 560. The zero-order valence-electron chi connectivity index (χ0n) is 13.5. The van der Waals surface area contributed by atoms with Crippen LogP contribution in [0.2, 0.25) is 0 Å². The van der Waals surface area contributed by atoms with Crippen LogP contribution in [0, 0.1) is 5.92 Å². The number of aromatic amines is 1. The number of nitrogens with zero attached hydrogens (tertiary/aromatic N) is 1. The normalized spacial score (nSPS) is 12.6. The Morgan fingerprint density at radius 3 is 2.48 bits per heavy atom. The van der Waals surface area contributed by atoms with Crippen LogP contribution < -0.4 is 22.3 Å². The van der Waals surface area contributed by atoms with Gasteiger partial charge in [0.15, 0.2) is 0 Å². The molecule has 0 bridgehead atoms. The minimum Gasteiger partial charge on any atom is -0.383 e. The lowest BCUT2D eigenvalue weighted by Crippen LogP contribution is -2.36. The van der Waals surface area contributed by atoms with Gasteiger partial charge in [-0.05, 0) is 19.3 Å². The molecular formula is C15H28N4O2. The maximum absolute atomic E-state index is 12.0. The molecule has 1 aromatic rings. The number of unbranched alkanes of at least 4 members (excludes halogenated alkanes) is 2. The maximum Gasteiger partial charge on any atom is 0.330 e. The van der Waals surface area contributed by atoms with Crippen LogP contribution in [0.15, 0.2) is 9.59 Å². The molecule has 0 aliphatic rings. The lowest BCUT2D eigenvalue weighted by molar-refractivity contribution is 0.507. The summed E-state index contributed by atoms with van der Waals surface area (Å²) < 4.78 is 1.42. The number of anilines is 2. The van der Waals surface area contributed by atoms with Gasteiger partial charge in [0, 0.05) is 12.6 Å². The first-order chi connectivity index (χ1) is 9.86. The molecular weight excluding hydrogens is 268 g/mol. The van der Waals surface area contributed by atoms with Gasteiger partial charge in [0.05, 0.1) is 0 Å². The monoisotopic (exact) mass is 296 g/mol. The summed E-state index contributed by atoms with van der Waals surface area (Å²) in [5, 5.41) is 3.15. The number of H-pyrrole nitrogens is 1. The summed E-state index contributed by atoms with van der Waals surface area (Å²) in [4.78, 5) is 26.1. The molecule has 0 spiro atoms. The number of nitrogen functional groups attached to an aromatic ring is 1. The molecule has 6 nitrogen and oxygen atoms in total. The van der Waals surface area contributed by atoms with Crippen LogP contribution in [-0.4, -0.2) is 15.6 Å². The molecule has 0 saturated carbocycles. The zero-order chi connectivity index (χ0) is 16.0. The second kappa shape index (κ2) is 7.90. The second-order valence-corrected chi connectivity index (χ2v) is 6.07. The van der Waals surface area contributed by atoms with E-state index in [1.54, 1.807) is 0 Å². The highest BCUT2D eigenvalue weighted by Gasteiger charge is 2.14. The first-order valence-electron chi connectivity index (χ1n) is 7.75. The number of nitrogens with one attached hydrogen (secondary N) is 2. The van der Waals surface area contributed by atoms with E-state index in [4.69, 9.17) is 5.73 Å². The Hall–Kier alpha value is -1.72. The molecule has 0 aromatic carbocycles. The van der Waals surface area contributed by atoms with Gasteiger partial charge in [-0.1, -0.05) is 40.0 Å². The van der Waals surface area contributed by atoms with Gasteiger partial charge in [-0.2, -0.15) is 0 Å². The molecule has 1 rings (SSSR count). The fraction of sp³-hybridized carbons (Fsp3) is 0.733. The molecule has 1 unspecified atom stereocenters. The van der Waals surface area contributed by atoms with Crippen molar-refractivity contribution in [2.24, 2.45) is 5.92 Å². The van der Waals surface area contributed by atoms with E-state index in [-0.39, 0.29) is 17.8 Å². The van der Waals surface area contributed by atoms with Crippen molar-refractivity contribution in [1.29, 1.82) is 0 Å². The molecule has 1 heterocycles. The van der Waals surface area contributed by atoms with Gasteiger partial charge in [0.1, 0.15) is 11.5 Å². The number of nitrogens with two attached hydrogens (primary N) is 1. The van der Waals surface area contributed by atoms with E-state index in [2.05, 4.69) is 17.2 Å². The third kappa shape index (κ3) is 4.95. The minimum atomic E-state index is -0.449. The van der Waals surface area contributed by atoms with Gasteiger partial charge >= 0.3 is 5.69 Å². The Balaban J connectivity index is 2.96. The molecule has 0 radical (unpaired) electrons. The van der Waals surface area contributed by atoms with Crippen LogP contribution in [-0.2, 0) is 6.54 Å². The molecule has 0 aliphatic heterocycles. The molecule has 0 saturated heterocycles. The van der Waals surface area contributed by atoms with Crippen LogP contribution in [0.25, 0.3) is 0 Å². The number of hydrogen-bond acceptors (Lipinski definition) is 4. The van der Waals surface area contributed by atoms with E-state index in [1.807, 2.05) is 20.8 Å². The molecule has 6 heteroatoms. The van der Waals surface area contributed by atoms with Gasteiger partial charge in [0.2, 0.25) is 0 Å². The van der Waals surface area contributed by atoms with Crippen LogP contribution in [0.1, 0.15) is 53.4 Å². The van der Waals surface area contributed by atoms with Crippen LogP contribution >= 0.6 is 0 Å². The summed E-state index contributed by atoms with van der Waals surface area (Å²) in [6.45, 7) is 8.66. The van der Waals surface area contributed by atoms with Crippen molar-refractivity contribution in [1.82, 2.24) is 9.55 Å². The first-order valence-corrected chi connectivity index (χ1v) is 7.75. The highest BCUT2D eigenvalue weighted by molar-refractivity contribution is 5.60. The number of aromatic nitrogens is 2. The highest BCUT2D eigenvalue weighted by Crippen LogP contribution is 2.15. The summed E-state index contributed by atoms with van der Waals surface area (Å²) in [6.07, 6.45) is 4.41. The van der Waals surface area contributed by atoms with Gasteiger partial charge in [0.25, 0.3) is 5.56 Å². The maximum atomic E-state index is 12.0. The lowest BCUT2D eigenvalue weighted by atomic mass is 10.1. The van der Waals surface area contributed by atoms with Crippen molar-refractivity contribution >= 4 is 11.5 Å². The lowest BCUT2D eigenvalue weighted by Gasteiger charge is -2.19. The van der Waals surface area contributed by atoms with Crippen molar-refractivity contribution in [3.8, 4) is 0 Å². The van der Waals surface area contributed by atoms with Gasteiger partial charge < -0.3 is 11.1 Å². The van der Waals surface area contributed by atoms with E-state index in [0.717, 1.165) is 19.3 Å². The topological polar surface area (TPSA) is 92.9 Å².